The fraction of sp³-hybridized carbons (Fsp3) is 0.308. The van der Waals surface area contributed by atoms with E-state index in [1.807, 2.05) is 48.2 Å². The van der Waals surface area contributed by atoms with Gasteiger partial charge in [0.05, 0.1) is 24.3 Å². The number of carbonyl (C=O) groups is 2. The third-order valence-corrected chi connectivity index (χ3v) is 7.29. The lowest BCUT2D eigenvalue weighted by molar-refractivity contribution is -0.136. The lowest BCUT2D eigenvalue weighted by atomic mass is 9.68. The van der Waals surface area contributed by atoms with Crippen LogP contribution in [0.3, 0.4) is 0 Å². The number of methoxy groups -OCH3 is 1. The van der Waals surface area contributed by atoms with Crippen molar-refractivity contribution in [2.45, 2.75) is 39.5 Å². The van der Waals surface area contributed by atoms with E-state index in [0.717, 1.165) is 27.0 Å². The maximum absolute atomic E-state index is 13.7. The number of Topliss-reactive ketones (excluding diaryl/α,β-unsaturated/α-hetero) is 1. The molecule has 0 amide bonds. The van der Waals surface area contributed by atoms with Gasteiger partial charge in [-0.2, -0.15) is 0 Å². The third-order valence-electron chi connectivity index (χ3n) is 6.35. The van der Waals surface area contributed by atoms with Crippen LogP contribution in [0, 0.1) is 12.3 Å². The van der Waals surface area contributed by atoms with E-state index in [2.05, 4.69) is 29.8 Å². The van der Waals surface area contributed by atoms with Crippen LogP contribution in [0.4, 0.5) is 5.69 Å². The van der Waals surface area contributed by atoms with Crippen molar-refractivity contribution in [3.05, 3.63) is 85.8 Å². The molecule has 2 aliphatic rings. The topological polar surface area (TPSA) is 72.6 Å². The molecule has 0 saturated heterocycles. The van der Waals surface area contributed by atoms with Gasteiger partial charge in [-0.1, -0.05) is 59.6 Å². The molecule has 0 unspecified atom stereocenters. The highest BCUT2D eigenvalue weighted by molar-refractivity contribution is 9.10. The Hall–Kier alpha value is -2.57. The number of allylic oxidation sites excluding steroid dienone is 2. The molecule has 0 bridgehead atoms. The highest BCUT2D eigenvalue weighted by atomic mass is 79.9. The second-order valence-corrected chi connectivity index (χ2v) is 10.6. The van der Waals surface area contributed by atoms with Crippen LogP contribution in [-0.2, 0) is 14.3 Å². The van der Waals surface area contributed by atoms with Gasteiger partial charge in [0, 0.05) is 27.2 Å². The van der Waals surface area contributed by atoms with Gasteiger partial charge in [0.15, 0.2) is 5.78 Å². The van der Waals surface area contributed by atoms with E-state index in [1.165, 1.54) is 7.11 Å². The number of esters is 1. The van der Waals surface area contributed by atoms with Crippen molar-refractivity contribution in [3.8, 4) is 0 Å². The van der Waals surface area contributed by atoms with Crippen LogP contribution in [0.25, 0.3) is 0 Å². The number of rotatable bonds is 3. The van der Waals surface area contributed by atoms with Crippen molar-refractivity contribution >= 4 is 45.0 Å². The fourth-order valence-electron chi connectivity index (χ4n) is 4.82. The molecule has 0 saturated carbocycles. The Labute approximate surface area is 207 Å². The predicted molar refractivity (Wildman–Crippen MR) is 134 cm³/mol. The molecule has 7 heteroatoms. The van der Waals surface area contributed by atoms with Crippen molar-refractivity contribution in [3.63, 3.8) is 0 Å². The lowest BCUT2D eigenvalue weighted by Gasteiger charge is -2.44. The van der Waals surface area contributed by atoms with Crippen molar-refractivity contribution in [1.29, 1.82) is 0 Å². The second kappa shape index (κ2) is 8.65. The van der Waals surface area contributed by atoms with Crippen LogP contribution in [-0.4, -0.2) is 18.9 Å². The number of ether oxygens (including phenoxy) is 1. The van der Waals surface area contributed by atoms with Gasteiger partial charge in [0.1, 0.15) is 5.82 Å². The Morgan fingerprint density at radius 1 is 1.18 bits per heavy atom. The van der Waals surface area contributed by atoms with Gasteiger partial charge in [-0.3, -0.25) is 9.69 Å². The molecule has 0 radical (unpaired) electrons. The number of nitrogens with two attached hydrogens (primary N) is 1. The predicted octanol–water partition coefficient (Wildman–Crippen LogP) is 6.00. The van der Waals surface area contributed by atoms with Crippen molar-refractivity contribution in [2.75, 3.05) is 12.0 Å². The van der Waals surface area contributed by atoms with Gasteiger partial charge in [-0.15, -0.1) is 0 Å². The molecule has 172 valence electrons. The van der Waals surface area contributed by atoms with E-state index in [9.17, 15) is 9.59 Å². The summed E-state index contributed by atoms with van der Waals surface area (Å²) >= 11 is 9.91. The van der Waals surface area contributed by atoms with Crippen LogP contribution >= 0.6 is 27.5 Å². The average molecular weight is 530 g/mol. The Morgan fingerprint density at radius 3 is 2.48 bits per heavy atom. The molecule has 2 aromatic carbocycles. The summed E-state index contributed by atoms with van der Waals surface area (Å²) < 4.78 is 6.06. The van der Waals surface area contributed by atoms with Crippen LogP contribution in [0.5, 0.6) is 0 Å². The number of hydrogen-bond donors (Lipinski definition) is 1. The first-order chi connectivity index (χ1) is 15.6. The van der Waals surface area contributed by atoms with Crippen LogP contribution in [0.15, 0.2) is 69.6 Å². The van der Waals surface area contributed by atoms with Gasteiger partial charge in [0.2, 0.25) is 0 Å². The highest BCUT2D eigenvalue weighted by Crippen LogP contribution is 2.51. The lowest BCUT2D eigenvalue weighted by Crippen LogP contribution is -2.44. The summed E-state index contributed by atoms with van der Waals surface area (Å²) in [5.41, 5.74) is 10.5. The zero-order chi connectivity index (χ0) is 24.1. The maximum atomic E-state index is 13.7. The summed E-state index contributed by atoms with van der Waals surface area (Å²) in [6.45, 7) is 6.05. The molecular weight excluding hydrogens is 504 g/mol. The number of ketones is 1. The first kappa shape index (κ1) is 23.6. The van der Waals surface area contributed by atoms with Crippen molar-refractivity contribution < 1.29 is 14.3 Å². The molecule has 0 aromatic heterocycles. The number of halogens is 2. The molecule has 0 spiro atoms. The summed E-state index contributed by atoms with van der Waals surface area (Å²) in [5.74, 6) is -0.911. The second-order valence-electron chi connectivity index (χ2n) is 9.30. The average Bonchev–Trinajstić information content (AvgIpc) is 2.75. The zero-order valence-corrected chi connectivity index (χ0v) is 21.4. The summed E-state index contributed by atoms with van der Waals surface area (Å²) in [6.07, 6.45) is 1.01. The van der Waals surface area contributed by atoms with Crippen LogP contribution in [0.2, 0.25) is 5.02 Å². The maximum Gasteiger partial charge on any atom is 0.338 e. The minimum Gasteiger partial charge on any atom is -0.466 e. The van der Waals surface area contributed by atoms with Gasteiger partial charge in [-0.05, 0) is 54.2 Å². The number of benzene rings is 2. The summed E-state index contributed by atoms with van der Waals surface area (Å²) in [6, 6.07) is 13.1. The number of carbonyl (C=O) groups excluding carboxylic acids is 2. The van der Waals surface area contributed by atoms with E-state index >= 15 is 0 Å². The number of anilines is 1. The smallest absolute Gasteiger partial charge is 0.338 e. The zero-order valence-electron chi connectivity index (χ0n) is 19.0. The Balaban J connectivity index is 2.06. The summed E-state index contributed by atoms with van der Waals surface area (Å²) in [4.78, 5) is 28.6. The number of hydrogen-bond acceptors (Lipinski definition) is 5. The van der Waals surface area contributed by atoms with Gasteiger partial charge in [-0.25, -0.2) is 4.79 Å². The Bertz CT molecular complexity index is 1210. The molecule has 33 heavy (non-hydrogen) atoms. The van der Waals surface area contributed by atoms with Gasteiger partial charge >= 0.3 is 5.97 Å². The van der Waals surface area contributed by atoms with Crippen molar-refractivity contribution in [1.82, 2.24) is 0 Å². The van der Waals surface area contributed by atoms with E-state index in [0.29, 0.717) is 23.4 Å². The van der Waals surface area contributed by atoms with E-state index in [1.54, 1.807) is 6.07 Å². The van der Waals surface area contributed by atoms with Gasteiger partial charge < -0.3 is 10.5 Å². The van der Waals surface area contributed by atoms with Crippen molar-refractivity contribution in [2.24, 2.45) is 11.1 Å². The SMILES string of the molecule is COC(=O)C1=C(N)N(c2cccc(Cl)c2C)C2=C(C(=O)CC(C)(C)C2)[C@@H]1c1ccc(Br)cc1. The van der Waals surface area contributed by atoms with Gasteiger partial charge in [0.25, 0.3) is 0 Å². The standard InChI is InChI=1S/C26H26BrClN2O3/c1-14-17(28)6-5-7-18(14)30-19-12-26(2,3)13-20(31)22(19)21(15-8-10-16(27)11-9-15)23(24(30)29)25(32)33-4/h5-11,21H,12-13,29H2,1-4H3/t21-/m0/s1. The third kappa shape index (κ3) is 4.11. The Kier molecular flexibility index (Phi) is 6.18. The van der Waals surface area contributed by atoms with E-state index < -0.39 is 11.9 Å². The monoisotopic (exact) mass is 528 g/mol. The molecule has 4 rings (SSSR count). The van der Waals surface area contributed by atoms with Crippen LogP contribution in [0.1, 0.15) is 43.7 Å². The molecule has 1 atom stereocenters. The largest absolute Gasteiger partial charge is 0.466 e. The minimum absolute atomic E-state index is 0.00718. The summed E-state index contributed by atoms with van der Waals surface area (Å²) in [5, 5.41) is 0.582. The first-order valence-electron chi connectivity index (χ1n) is 10.7. The van der Waals surface area contributed by atoms with E-state index in [-0.39, 0.29) is 22.6 Å². The summed E-state index contributed by atoms with van der Waals surface area (Å²) in [7, 11) is 1.33. The first-order valence-corrected chi connectivity index (χ1v) is 11.9. The molecular formula is C26H26BrClN2O3. The molecule has 1 aliphatic heterocycles. The normalized spacial score (nSPS) is 20.1. The Morgan fingerprint density at radius 2 is 1.85 bits per heavy atom. The molecule has 0 fully saturated rings. The fourth-order valence-corrected chi connectivity index (χ4v) is 5.26. The molecule has 5 nitrogen and oxygen atoms in total. The number of nitrogens with zero attached hydrogens (tertiary/aromatic N) is 1. The highest BCUT2D eigenvalue weighted by Gasteiger charge is 2.46. The quantitative estimate of drug-likeness (QED) is 0.494. The molecule has 1 heterocycles. The molecule has 2 N–H and O–H groups in total. The minimum atomic E-state index is -0.611. The van der Waals surface area contributed by atoms with Crippen LogP contribution < -0.4 is 10.6 Å². The van der Waals surface area contributed by atoms with E-state index in [4.69, 9.17) is 22.1 Å². The molecule has 2 aromatic rings. The molecule has 1 aliphatic carbocycles.